The van der Waals surface area contributed by atoms with Gasteiger partial charge < -0.3 is 0 Å². The number of nitrogens with zero attached hydrogens (tertiary/aromatic N) is 3. The number of alkyl halides is 1. The SMILES string of the molecule is Cc1cc(-c2nnc(CCl)n2-c2ccccc2)ccc1Cl. The molecule has 0 saturated carbocycles. The van der Waals surface area contributed by atoms with E-state index >= 15 is 0 Å². The summed E-state index contributed by atoms with van der Waals surface area (Å²) in [5, 5.41) is 9.22. The Kier molecular flexibility index (Phi) is 3.95. The summed E-state index contributed by atoms with van der Waals surface area (Å²) in [6, 6.07) is 15.8. The molecule has 3 aromatic rings. The van der Waals surface area contributed by atoms with Crippen molar-refractivity contribution in [3.8, 4) is 17.1 Å². The second kappa shape index (κ2) is 5.88. The number of rotatable bonds is 3. The first-order chi connectivity index (χ1) is 10.2. The first-order valence-corrected chi connectivity index (χ1v) is 7.44. The molecule has 0 bridgehead atoms. The molecule has 0 aliphatic heterocycles. The highest BCUT2D eigenvalue weighted by Crippen LogP contribution is 2.26. The van der Waals surface area contributed by atoms with Gasteiger partial charge in [-0.05, 0) is 42.8 Å². The lowest BCUT2D eigenvalue weighted by Gasteiger charge is -2.10. The van der Waals surface area contributed by atoms with E-state index in [1.54, 1.807) is 0 Å². The molecule has 0 aliphatic carbocycles. The Labute approximate surface area is 133 Å². The van der Waals surface area contributed by atoms with E-state index in [-0.39, 0.29) is 0 Å². The molecule has 21 heavy (non-hydrogen) atoms. The van der Waals surface area contributed by atoms with Crippen LogP contribution >= 0.6 is 23.2 Å². The van der Waals surface area contributed by atoms with Gasteiger partial charge in [0.15, 0.2) is 11.6 Å². The fraction of sp³-hybridized carbons (Fsp3) is 0.125. The second-order valence-electron chi connectivity index (χ2n) is 4.71. The van der Waals surface area contributed by atoms with Crippen molar-refractivity contribution in [3.05, 3.63) is 64.9 Å². The first kappa shape index (κ1) is 14.1. The molecule has 0 unspecified atom stereocenters. The van der Waals surface area contributed by atoms with Gasteiger partial charge in [-0.25, -0.2) is 0 Å². The minimum absolute atomic E-state index is 0.300. The summed E-state index contributed by atoms with van der Waals surface area (Å²) in [7, 11) is 0. The van der Waals surface area contributed by atoms with Crippen LogP contribution in [-0.2, 0) is 5.88 Å². The third-order valence-electron chi connectivity index (χ3n) is 3.28. The molecule has 5 heteroatoms. The Morgan fingerprint density at radius 2 is 1.81 bits per heavy atom. The van der Waals surface area contributed by atoms with Gasteiger partial charge in [-0.1, -0.05) is 29.8 Å². The molecule has 1 aromatic heterocycles. The van der Waals surface area contributed by atoms with Crippen LogP contribution in [0.1, 0.15) is 11.4 Å². The van der Waals surface area contributed by atoms with Crippen LogP contribution < -0.4 is 0 Å². The van der Waals surface area contributed by atoms with E-state index in [9.17, 15) is 0 Å². The zero-order valence-electron chi connectivity index (χ0n) is 11.4. The minimum Gasteiger partial charge on any atom is -0.278 e. The fourth-order valence-corrected chi connectivity index (χ4v) is 2.51. The van der Waals surface area contributed by atoms with Crippen molar-refractivity contribution >= 4 is 23.2 Å². The largest absolute Gasteiger partial charge is 0.278 e. The van der Waals surface area contributed by atoms with Crippen LogP contribution in [0.15, 0.2) is 48.5 Å². The second-order valence-corrected chi connectivity index (χ2v) is 5.38. The van der Waals surface area contributed by atoms with E-state index in [1.807, 2.05) is 60.0 Å². The van der Waals surface area contributed by atoms with Gasteiger partial charge in [0.2, 0.25) is 0 Å². The van der Waals surface area contributed by atoms with Gasteiger partial charge in [0.05, 0.1) is 5.88 Å². The van der Waals surface area contributed by atoms with Gasteiger partial charge in [-0.15, -0.1) is 21.8 Å². The Hall–Kier alpha value is -1.84. The van der Waals surface area contributed by atoms with Crippen molar-refractivity contribution in [1.82, 2.24) is 14.8 Å². The van der Waals surface area contributed by atoms with Crippen molar-refractivity contribution in [3.63, 3.8) is 0 Å². The molecule has 2 aromatic carbocycles. The number of hydrogen-bond acceptors (Lipinski definition) is 2. The average molecular weight is 318 g/mol. The monoisotopic (exact) mass is 317 g/mol. The van der Waals surface area contributed by atoms with Gasteiger partial charge in [0.25, 0.3) is 0 Å². The predicted octanol–water partition coefficient (Wildman–Crippen LogP) is 4.63. The van der Waals surface area contributed by atoms with E-state index in [2.05, 4.69) is 10.2 Å². The van der Waals surface area contributed by atoms with E-state index in [1.165, 1.54) is 0 Å². The molecule has 0 atom stereocenters. The topological polar surface area (TPSA) is 30.7 Å². The minimum atomic E-state index is 0.300. The molecule has 0 N–H and O–H groups in total. The maximum absolute atomic E-state index is 6.09. The van der Waals surface area contributed by atoms with E-state index in [0.717, 1.165) is 27.7 Å². The van der Waals surface area contributed by atoms with Crippen LogP contribution in [0.4, 0.5) is 0 Å². The maximum Gasteiger partial charge on any atom is 0.168 e. The van der Waals surface area contributed by atoms with Crippen molar-refractivity contribution in [2.45, 2.75) is 12.8 Å². The summed E-state index contributed by atoms with van der Waals surface area (Å²) >= 11 is 12.1. The Morgan fingerprint density at radius 3 is 2.48 bits per heavy atom. The van der Waals surface area contributed by atoms with Crippen molar-refractivity contribution in [2.24, 2.45) is 0 Å². The van der Waals surface area contributed by atoms with Crippen molar-refractivity contribution in [2.75, 3.05) is 0 Å². The smallest absolute Gasteiger partial charge is 0.168 e. The van der Waals surface area contributed by atoms with E-state index in [4.69, 9.17) is 23.2 Å². The van der Waals surface area contributed by atoms with Gasteiger partial charge >= 0.3 is 0 Å². The number of aromatic nitrogens is 3. The quantitative estimate of drug-likeness (QED) is 0.659. The molecule has 3 rings (SSSR count). The summed E-state index contributed by atoms with van der Waals surface area (Å²) < 4.78 is 1.97. The third-order valence-corrected chi connectivity index (χ3v) is 3.94. The maximum atomic E-state index is 6.09. The highest BCUT2D eigenvalue weighted by Gasteiger charge is 2.15. The lowest BCUT2D eigenvalue weighted by molar-refractivity contribution is 0.953. The summed E-state index contributed by atoms with van der Waals surface area (Å²) in [4.78, 5) is 0. The Morgan fingerprint density at radius 1 is 1.05 bits per heavy atom. The predicted molar refractivity (Wildman–Crippen MR) is 86.1 cm³/mol. The van der Waals surface area contributed by atoms with Crippen LogP contribution in [0.5, 0.6) is 0 Å². The Balaban J connectivity index is 2.20. The fourth-order valence-electron chi connectivity index (χ4n) is 2.22. The number of halogens is 2. The van der Waals surface area contributed by atoms with Crippen LogP contribution in [0.25, 0.3) is 17.1 Å². The highest BCUT2D eigenvalue weighted by molar-refractivity contribution is 6.31. The van der Waals surface area contributed by atoms with Crippen LogP contribution in [-0.4, -0.2) is 14.8 Å². The zero-order chi connectivity index (χ0) is 14.8. The highest BCUT2D eigenvalue weighted by atomic mass is 35.5. The zero-order valence-corrected chi connectivity index (χ0v) is 12.9. The van der Waals surface area contributed by atoms with E-state index < -0.39 is 0 Å². The van der Waals surface area contributed by atoms with E-state index in [0.29, 0.717) is 11.7 Å². The van der Waals surface area contributed by atoms with Crippen LogP contribution in [0, 0.1) is 6.92 Å². The molecule has 1 heterocycles. The summed E-state index contributed by atoms with van der Waals surface area (Å²) in [6.45, 7) is 1.97. The van der Waals surface area contributed by atoms with Gasteiger partial charge in [0, 0.05) is 16.3 Å². The third kappa shape index (κ3) is 2.67. The molecular formula is C16H13Cl2N3. The normalized spacial score (nSPS) is 10.8. The average Bonchev–Trinajstić information content (AvgIpc) is 2.95. The molecule has 0 aliphatic rings. The molecule has 0 spiro atoms. The van der Waals surface area contributed by atoms with Gasteiger partial charge in [-0.3, -0.25) is 4.57 Å². The molecule has 0 amide bonds. The Bertz CT molecular complexity index is 766. The number of benzene rings is 2. The van der Waals surface area contributed by atoms with Gasteiger partial charge in [-0.2, -0.15) is 0 Å². The number of aryl methyl sites for hydroxylation is 1. The number of hydrogen-bond donors (Lipinski definition) is 0. The lowest BCUT2D eigenvalue weighted by atomic mass is 10.1. The lowest BCUT2D eigenvalue weighted by Crippen LogP contribution is -2.01. The molecule has 3 nitrogen and oxygen atoms in total. The molecule has 0 fully saturated rings. The first-order valence-electron chi connectivity index (χ1n) is 6.53. The standard InChI is InChI=1S/C16H13Cl2N3/c1-11-9-12(7-8-14(11)18)16-20-19-15(10-17)21(16)13-5-3-2-4-6-13/h2-9H,10H2,1H3. The molecule has 106 valence electrons. The van der Waals surface area contributed by atoms with Crippen molar-refractivity contribution < 1.29 is 0 Å². The van der Waals surface area contributed by atoms with Crippen molar-refractivity contribution in [1.29, 1.82) is 0 Å². The molecule has 0 saturated heterocycles. The molecule has 0 radical (unpaired) electrons. The summed E-state index contributed by atoms with van der Waals surface area (Å²) in [6.07, 6.45) is 0. The number of para-hydroxylation sites is 1. The molecular weight excluding hydrogens is 305 g/mol. The van der Waals surface area contributed by atoms with Crippen LogP contribution in [0.3, 0.4) is 0 Å². The summed E-state index contributed by atoms with van der Waals surface area (Å²) in [5.41, 5.74) is 2.95. The van der Waals surface area contributed by atoms with Gasteiger partial charge in [0.1, 0.15) is 0 Å². The summed E-state index contributed by atoms with van der Waals surface area (Å²) in [5.74, 6) is 1.77. The van der Waals surface area contributed by atoms with Crippen LogP contribution in [0.2, 0.25) is 5.02 Å².